The number of carbonyl (C=O) groups excluding carboxylic acids is 1. The van der Waals surface area contributed by atoms with Gasteiger partial charge < -0.3 is 10.2 Å². The number of nitrogens with one attached hydrogen (secondary N) is 1. The van der Waals surface area contributed by atoms with Gasteiger partial charge in [-0.15, -0.1) is 0 Å². The number of sulfone groups is 1. The normalized spacial score (nSPS) is 25.7. The first kappa shape index (κ1) is 13.8. The number of hydrogen-bond acceptors (Lipinski definition) is 5. The van der Waals surface area contributed by atoms with E-state index < -0.39 is 9.84 Å². The molecule has 2 rings (SSSR count). The van der Waals surface area contributed by atoms with Crippen LogP contribution in [0.3, 0.4) is 0 Å². The van der Waals surface area contributed by atoms with Crippen molar-refractivity contribution < 1.29 is 13.2 Å². The average molecular weight is 275 g/mol. The summed E-state index contributed by atoms with van der Waals surface area (Å²) in [7, 11) is -2.91. The minimum Gasteiger partial charge on any atom is -0.340 e. The van der Waals surface area contributed by atoms with Crippen molar-refractivity contribution in [1.82, 2.24) is 15.1 Å². The largest absolute Gasteiger partial charge is 0.340 e. The van der Waals surface area contributed by atoms with E-state index in [4.69, 9.17) is 0 Å². The van der Waals surface area contributed by atoms with Gasteiger partial charge in [0.25, 0.3) is 0 Å². The molecular weight excluding hydrogens is 254 g/mol. The van der Waals surface area contributed by atoms with Gasteiger partial charge in [-0.05, 0) is 19.5 Å². The molecule has 0 aliphatic carbocycles. The highest BCUT2D eigenvalue weighted by Crippen LogP contribution is 2.05. The molecule has 0 aromatic rings. The molecule has 2 fully saturated rings. The standard InChI is InChI=1S/C11H21N3O3S/c15-11(10-13-4-1-2-12-3-5-13)14-6-8-18(16,17)9-7-14/h12H,1-10H2. The predicted molar refractivity (Wildman–Crippen MR) is 69.2 cm³/mol. The quantitative estimate of drug-likeness (QED) is 0.667. The molecule has 0 spiro atoms. The summed E-state index contributed by atoms with van der Waals surface area (Å²) in [4.78, 5) is 15.9. The van der Waals surface area contributed by atoms with E-state index in [9.17, 15) is 13.2 Å². The summed E-state index contributed by atoms with van der Waals surface area (Å²) in [5.74, 6) is 0.285. The van der Waals surface area contributed by atoms with Crippen molar-refractivity contribution in [2.24, 2.45) is 0 Å². The molecule has 0 aromatic carbocycles. The Morgan fingerprint density at radius 3 is 2.50 bits per heavy atom. The van der Waals surface area contributed by atoms with Gasteiger partial charge in [-0.25, -0.2) is 8.42 Å². The lowest BCUT2D eigenvalue weighted by Crippen LogP contribution is -2.48. The first-order valence-electron chi connectivity index (χ1n) is 6.48. The molecule has 2 saturated heterocycles. The highest BCUT2D eigenvalue weighted by molar-refractivity contribution is 7.91. The SMILES string of the molecule is O=C(CN1CCCNCC1)N1CCS(=O)(=O)CC1. The Bertz CT molecular complexity index is 374. The van der Waals surface area contributed by atoms with E-state index in [-0.39, 0.29) is 17.4 Å². The van der Waals surface area contributed by atoms with Gasteiger partial charge in [-0.2, -0.15) is 0 Å². The van der Waals surface area contributed by atoms with Crippen LogP contribution in [0.5, 0.6) is 0 Å². The van der Waals surface area contributed by atoms with Crippen LogP contribution in [0, 0.1) is 0 Å². The third kappa shape index (κ3) is 3.93. The van der Waals surface area contributed by atoms with Gasteiger partial charge in [-0.3, -0.25) is 9.69 Å². The van der Waals surface area contributed by atoms with Gasteiger partial charge in [0.1, 0.15) is 0 Å². The Hall–Kier alpha value is -0.660. The topological polar surface area (TPSA) is 69.7 Å². The Morgan fingerprint density at radius 1 is 1.06 bits per heavy atom. The van der Waals surface area contributed by atoms with E-state index in [1.165, 1.54) is 0 Å². The molecule has 6 nitrogen and oxygen atoms in total. The summed E-state index contributed by atoms with van der Waals surface area (Å²) in [5, 5.41) is 3.29. The van der Waals surface area contributed by atoms with Crippen LogP contribution in [-0.4, -0.2) is 81.4 Å². The second-order valence-electron chi connectivity index (χ2n) is 4.91. The molecule has 0 unspecified atom stereocenters. The fourth-order valence-corrected chi connectivity index (χ4v) is 3.51. The highest BCUT2D eigenvalue weighted by atomic mass is 32.2. The summed E-state index contributed by atoms with van der Waals surface area (Å²) in [6, 6.07) is 0. The summed E-state index contributed by atoms with van der Waals surface area (Å²) in [6.45, 7) is 4.87. The third-order valence-electron chi connectivity index (χ3n) is 3.49. The monoisotopic (exact) mass is 275 g/mol. The van der Waals surface area contributed by atoms with Crippen molar-refractivity contribution in [3.8, 4) is 0 Å². The molecule has 2 heterocycles. The molecule has 104 valence electrons. The van der Waals surface area contributed by atoms with Crippen molar-refractivity contribution in [2.75, 3.05) is 57.3 Å². The van der Waals surface area contributed by atoms with Crippen LogP contribution in [0.25, 0.3) is 0 Å². The van der Waals surface area contributed by atoms with Crippen molar-refractivity contribution in [3.05, 3.63) is 0 Å². The fourth-order valence-electron chi connectivity index (χ4n) is 2.31. The summed E-state index contributed by atoms with van der Waals surface area (Å²) in [5.41, 5.74) is 0. The highest BCUT2D eigenvalue weighted by Gasteiger charge is 2.25. The molecule has 1 N–H and O–H groups in total. The van der Waals surface area contributed by atoms with Gasteiger partial charge in [0.15, 0.2) is 9.84 Å². The molecule has 18 heavy (non-hydrogen) atoms. The number of rotatable bonds is 2. The number of amides is 1. The van der Waals surface area contributed by atoms with Crippen molar-refractivity contribution in [2.45, 2.75) is 6.42 Å². The van der Waals surface area contributed by atoms with Gasteiger partial charge in [0.05, 0.1) is 18.1 Å². The predicted octanol–water partition coefficient (Wildman–Crippen LogP) is -1.46. The third-order valence-corrected chi connectivity index (χ3v) is 5.10. The molecule has 0 atom stereocenters. The van der Waals surface area contributed by atoms with Crippen LogP contribution >= 0.6 is 0 Å². The zero-order valence-electron chi connectivity index (χ0n) is 10.6. The summed E-state index contributed by atoms with van der Waals surface area (Å²) in [6.07, 6.45) is 1.06. The van der Waals surface area contributed by atoms with Crippen LogP contribution in [0.4, 0.5) is 0 Å². The Balaban J connectivity index is 1.81. The number of nitrogens with zero attached hydrogens (tertiary/aromatic N) is 2. The fraction of sp³-hybridized carbons (Fsp3) is 0.909. The molecule has 2 aliphatic rings. The van der Waals surface area contributed by atoms with Crippen molar-refractivity contribution >= 4 is 15.7 Å². The maximum Gasteiger partial charge on any atom is 0.236 e. The van der Waals surface area contributed by atoms with E-state index in [1.54, 1.807) is 4.90 Å². The lowest BCUT2D eigenvalue weighted by molar-refractivity contribution is -0.132. The van der Waals surface area contributed by atoms with Crippen LogP contribution in [0.1, 0.15) is 6.42 Å². The Labute approximate surface area is 108 Å². The zero-order valence-corrected chi connectivity index (χ0v) is 11.4. The lowest BCUT2D eigenvalue weighted by Gasteiger charge is -2.29. The van der Waals surface area contributed by atoms with Crippen molar-refractivity contribution in [3.63, 3.8) is 0 Å². The number of hydrogen-bond donors (Lipinski definition) is 1. The van der Waals surface area contributed by atoms with Crippen molar-refractivity contribution in [1.29, 1.82) is 0 Å². The van der Waals surface area contributed by atoms with Crippen LogP contribution in [-0.2, 0) is 14.6 Å². The lowest BCUT2D eigenvalue weighted by atomic mass is 10.3. The zero-order chi connectivity index (χ0) is 13.0. The molecule has 7 heteroatoms. The van der Waals surface area contributed by atoms with Crippen LogP contribution < -0.4 is 5.32 Å². The molecular formula is C11H21N3O3S. The van der Waals surface area contributed by atoms with Gasteiger partial charge in [0, 0.05) is 26.2 Å². The molecule has 0 aromatic heterocycles. The minimum absolute atomic E-state index is 0.0619. The first-order chi connectivity index (χ1) is 8.57. The summed E-state index contributed by atoms with van der Waals surface area (Å²) >= 11 is 0. The number of carbonyl (C=O) groups is 1. The molecule has 0 bridgehead atoms. The van der Waals surface area contributed by atoms with Crippen LogP contribution in [0.2, 0.25) is 0 Å². The smallest absolute Gasteiger partial charge is 0.236 e. The molecule has 0 saturated carbocycles. The second kappa shape index (κ2) is 5.99. The van der Waals surface area contributed by atoms with E-state index in [2.05, 4.69) is 10.2 Å². The van der Waals surface area contributed by atoms with E-state index in [0.717, 1.165) is 32.6 Å². The minimum atomic E-state index is -2.91. The first-order valence-corrected chi connectivity index (χ1v) is 8.30. The average Bonchev–Trinajstić information content (AvgIpc) is 2.57. The van der Waals surface area contributed by atoms with Gasteiger partial charge in [-0.1, -0.05) is 0 Å². The van der Waals surface area contributed by atoms with Gasteiger partial charge >= 0.3 is 0 Å². The molecule has 2 aliphatic heterocycles. The van der Waals surface area contributed by atoms with E-state index in [1.807, 2.05) is 0 Å². The maximum absolute atomic E-state index is 12.1. The molecule has 0 radical (unpaired) electrons. The molecule has 1 amide bonds. The van der Waals surface area contributed by atoms with E-state index in [0.29, 0.717) is 19.6 Å². The Morgan fingerprint density at radius 2 is 1.78 bits per heavy atom. The Kier molecular flexibility index (Phi) is 4.58. The second-order valence-corrected chi connectivity index (χ2v) is 7.22. The van der Waals surface area contributed by atoms with Gasteiger partial charge in [0.2, 0.25) is 5.91 Å². The van der Waals surface area contributed by atoms with E-state index >= 15 is 0 Å². The van der Waals surface area contributed by atoms with Crippen LogP contribution in [0.15, 0.2) is 0 Å². The maximum atomic E-state index is 12.1. The summed E-state index contributed by atoms with van der Waals surface area (Å²) < 4.78 is 22.6.